The third-order valence-electron chi connectivity index (χ3n) is 20.4. The van der Waals surface area contributed by atoms with E-state index in [1.807, 2.05) is 194 Å². The molecule has 0 aliphatic carbocycles. The van der Waals surface area contributed by atoms with Gasteiger partial charge < -0.3 is 32.7 Å². The SMILES string of the molecule is Cc1cccc(-n2c([C@H](C)Nc3nc(N)ncc3C(F)(F)F)cc3cccc(C)c3c2=O)c1.[C-]#[N+]c1cnc(C)nc1N[C@@H](C)c1cc2cccc(Cl)c2c(=O)n1-c1cccc(F)c1.[C-]#[N+]c1cnc(C)nc1N[C@@H](C)c1cc2cccc(Cl)c2c(=O)n1-c1ccccc1.[C-]#[N+]c1cnc(N)nc1N[C@@H](C)c1cc2cccc(C)c2c(=O)n1-c1cccc(C)c1. The summed E-state index contributed by atoms with van der Waals surface area (Å²) in [4.78, 5) is 96.8. The number of halogens is 6. The number of hydrogen-bond acceptors (Lipinski definition) is 18. The monoisotopic (exact) mass is 1710 g/mol. The zero-order valence-corrected chi connectivity index (χ0v) is 70.4. The summed E-state index contributed by atoms with van der Waals surface area (Å²) in [6, 6.07) is 58.1. The third-order valence-corrected chi connectivity index (χ3v) is 21.1. The van der Waals surface area contributed by atoms with Crippen LogP contribution in [0.1, 0.15) is 114 Å². The maximum atomic E-state index is 14.0. The molecule has 16 aromatic rings. The molecule has 0 unspecified atom stereocenters. The Bertz CT molecular complexity index is 7070. The van der Waals surface area contributed by atoms with Crippen LogP contribution in [0.2, 0.25) is 10.0 Å². The predicted octanol–water partition coefficient (Wildman–Crippen LogP) is 20.9. The summed E-state index contributed by atoms with van der Waals surface area (Å²) >= 11 is 12.7. The molecule has 125 heavy (non-hydrogen) atoms. The average Bonchev–Trinajstić information content (AvgIpc) is 0.771. The van der Waals surface area contributed by atoms with E-state index < -0.39 is 35.5 Å². The van der Waals surface area contributed by atoms with Crippen LogP contribution in [0, 0.1) is 67.1 Å². The van der Waals surface area contributed by atoms with Crippen LogP contribution in [-0.2, 0) is 6.18 Å². The molecule has 25 nitrogen and oxygen atoms in total. The Morgan fingerprint density at radius 1 is 0.376 bits per heavy atom. The summed E-state index contributed by atoms with van der Waals surface area (Å²) in [5, 5.41) is 18.3. The molecule has 0 fully saturated rings. The van der Waals surface area contributed by atoms with Crippen LogP contribution in [0.25, 0.3) is 80.4 Å². The lowest BCUT2D eigenvalue weighted by atomic mass is 10.0. The van der Waals surface area contributed by atoms with Crippen LogP contribution in [0.15, 0.2) is 244 Å². The average molecular weight is 1710 g/mol. The molecule has 0 bridgehead atoms. The van der Waals surface area contributed by atoms with Crippen molar-refractivity contribution in [3.63, 3.8) is 0 Å². The minimum absolute atomic E-state index is 0.0762. The highest BCUT2D eigenvalue weighted by molar-refractivity contribution is 6.36. The number of alkyl halides is 3. The molecule has 0 saturated heterocycles. The topological polar surface area (TPSA) is 304 Å². The molecule has 8 heterocycles. The van der Waals surface area contributed by atoms with Crippen molar-refractivity contribution in [3.8, 4) is 22.7 Å². The number of para-hydroxylation sites is 1. The first-order valence-corrected chi connectivity index (χ1v) is 39.7. The molecule has 0 amide bonds. The van der Waals surface area contributed by atoms with Gasteiger partial charge in [0.2, 0.25) is 29.0 Å². The molecule has 16 rings (SSSR count). The van der Waals surface area contributed by atoms with Crippen molar-refractivity contribution in [2.45, 2.75) is 99.6 Å². The molecule has 0 radical (unpaired) electrons. The number of fused-ring (bicyclic) bond motifs is 4. The highest BCUT2D eigenvalue weighted by Gasteiger charge is 2.36. The van der Waals surface area contributed by atoms with Gasteiger partial charge in [-0.05, 0) is 204 Å². The van der Waals surface area contributed by atoms with E-state index >= 15 is 0 Å². The summed E-state index contributed by atoms with van der Waals surface area (Å²) in [7, 11) is 0. The van der Waals surface area contributed by atoms with Gasteiger partial charge in [0.1, 0.15) is 46.3 Å². The zero-order chi connectivity index (χ0) is 89.4. The summed E-state index contributed by atoms with van der Waals surface area (Å²) in [5.41, 5.74) is 19.0. The second-order valence-corrected chi connectivity index (χ2v) is 30.2. The van der Waals surface area contributed by atoms with Gasteiger partial charge in [-0.2, -0.15) is 18.2 Å². The van der Waals surface area contributed by atoms with Crippen molar-refractivity contribution in [1.82, 2.24) is 58.1 Å². The fraction of sp³-hybridized carbons (Fsp3) is 0.160. The van der Waals surface area contributed by atoms with Crippen LogP contribution < -0.4 is 55.0 Å². The van der Waals surface area contributed by atoms with Crippen molar-refractivity contribution in [2.75, 3.05) is 32.7 Å². The van der Waals surface area contributed by atoms with Gasteiger partial charge in [0.15, 0.2) is 0 Å². The number of benzene rings is 8. The number of hydrogen-bond donors (Lipinski definition) is 6. The Balaban J connectivity index is 0.000000143. The first kappa shape index (κ1) is 87.3. The number of rotatable bonds is 16. The van der Waals surface area contributed by atoms with E-state index in [1.165, 1.54) is 39.9 Å². The van der Waals surface area contributed by atoms with E-state index in [9.17, 15) is 36.7 Å². The van der Waals surface area contributed by atoms with Crippen molar-refractivity contribution in [3.05, 3.63) is 379 Å². The van der Waals surface area contributed by atoms with Crippen molar-refractivity contribution >= 4 is 119 Å². The first-order valence-electron chi connectivity index (χ1n) is 39.0. The second kappa shape index (κ2) is 37.2. The Hall–Kier alpha value is -15.5. The number of aryl methyl sites for hydroxylation is 6. The molecule has 0 saturated carbocycles. The van der Waals surface area contributed by atoms with E-state index in [-0.39, 0.29) is 57.6 Å². The summed E-state index contributed by atoms with van der Waals surface area (Å²) in [6.45, 7) is 40.7. The van der Waals surface area contributed by atoms with Gasteiger partial charge in [-0.25, -0.2) is 43.8 Å². The fourth-order valence-electron chi connectivity index (χ4n) is 14.6. The van der Waals surface area contributed by atoms with E-state index in [0.29, 0.717) is 106 Å². The van der Waals surface area contributed by atoms with Crippen LogP contribution in [0.5, 0.6) is 0 Å². The number of pyridine rings is 4. The molecular weight excluding hydrogens is 1630 g/mol. The van der Waals surface area contributed by atoms with Crippen LogP contribution in [-0.4, -0.2) is 58.1 Å². The van der Waals surface area contributed by atoms with E-state index in [4.69, 9.17) is 54.4 Å². The normalized spacial score (nSPS) is 12.0. The molecule has 8 N–H and O–H groups in total. The third kappa shape index (κ3) is 19.0. The van der Waals surface area contributed by atoms with E-state index in [1.54, 1.807) is 72.4 Å². The molecule has 8 aromatic heterocycles. The summed E-state index contributed by atoms with van der Waals surface area (Å²) in [5.74, 6) is 1.07. The molecule has 0 spiro atoms. The highest BCUT2D eigenvalue weighted by atomic mass is 35.5. The molecule has 4 atom stereocenters. The Kier molecular flexibility index (Phi) is 26.0. The number of aromatic nitrogens is 12. The molecule has 8 aromatic carbocycles. The predicted molar refractivity (Wildman–Crippen MR) is 485 cm³/mol. The quantitative estimate of drug-likeness (QED) is 0.0387. The maximum Gasteiger partial charge on any atom is 0.421 e. The highest BCUT2D eigenvalue weighted by Crippen LogP contribution is 2.38. The first-order chi connectivity index (χ1) is 59.8. The van der Waals surface area contributed by atoms with Crippen molar-refractivity contribution in [2.24, 2.45) is 0 Å². The lowest BCUT2D eigenvalue weighted by molar-refractivity contribution is -0.137. The number of anilines is 6. The minimum atomic E-state index is -4.67. The van der Waals surface area contributed by atoms with Gasteiger partial charge in [0.25, 0.3) is 22.2 Å². The van der Waals surface area contributed by atoms with E-state index in [0.717, 1.165) is 55.8 Å². The lowest BCUT2D eigenvalue weighted by Gasteiger charge is -2.23. The lowest BCUT2D eigenvalue weighted by Crippen LogP contribution is -2.26. The Labute approximate surface area is 723 Å². The number of nitrogens with one attached hydrogen (secondary N) is 4. The maximum absolute atomic E-state index is 14.0. The second-order valence-electron chi connectivity index (χ2n) is 29.4. The van der Waals surface area contributed by atoms with Gasteiger partial charge in [-0.3, -0.25) is 47.4 Å². The van der Waals surface area contributed by atoms with Gasteiger partial charge in [0, 0.05) is 64.6 Å². The van der Waals surface area contributed by atoms with Gasteiger partial charge >= 0.3 is 6.18 Å². The van der Waals surface area contributed by atoms with Crippen molar-refractivity contribution < 1.29 is 17.6 Å². The van der Waals surface area contributed by atoms with Gasteiger partial charge in [0.05, 0.1) is 81.2 Å². The Morgan fingerprint density at radius 2 is 0.696 bits per heavy atom. The van der Waals surface area contributed by atoms with Crippen LogP contribution >= 0.6 is 23.2 Å². The number of nitrogens with zero attached hydrogens (tertiary/aromatic N) is 15. The van der Waals surface area contributed by atoms with Crippen molar-refractivity contribution in [1.29, 1.82) is 0 Å². The fourth-order valence-corrected chi connectivity index (χ4v) is 15.1. The van der Waals surface area contributed by atoms with E-state index in [2.05, 4.69) is 75.7 Å². The number of nitrogen functional groups attached to an aromatic ring is 2. The van der Waals surface area contributed by atoms with Gasteiger partial charge in [-0.15, -0.1) is 0 Å². The molecule has 0 aliphatic heterocycles. The smallest absolute Gasteiger partial charge is 0.371 e. The number of nitrogens with two attached hydrogens (primary N) is 2. The molecule has 31 heteroatoms. The summed E-state index contributed by atoms with van der Waals surface area (Å²) < 4.78 is 60.9. The molecule has 626 valence electrons. The van der Waals surface area contributed by atoms with Gasteiger partial charge in [-0.1, -0.05) is 132 Å². The Morgan fingerprint density at radius 3 is 1.09 bits per heavy atom. The minimum Gasteiger partial charge on any atom is -0.371 e. The molecular formula is C94H79Cl2F4N21O4. The summed E-state index contributed by atoms with van der Waals surface area (Å²) in [6.07, 6.45) is 0.308. The van der Waals surface area contributed by atoms with Crippen LogP contribution in [0.4, 0.5) is 69.8 Å². The van der Waals surface area contributed by atoms with Crippen LogP contribution in [0.3, 0.4) is 0 Å². The molecule has 0 aliphatic rings. The standard InChI is InChI=1S/C24H22F3N5O.C24H22N6O.C23H17ClFN5O.C23H18ClN5O/c1-13-6-4-9-17(10-13)32-19(11-16-8-5-7-14(2)20(16)22(32)33)15(3)30-21-18(24(25,26)27)12-29-23(28)31-21;1-14-7-5-10-18(11-14)30-20(12-17-9-6-8-15(2)21(17)23(30)31)16(3)28-22-19(26-4)13-27-24(25)29-22;1-13(28-22-19(26-3)12-27-14(2)29-22)20-10-15-6-4-9-18(24)21(15)23(31)30(20)17-8-5-7-16(25)11-17;1-14(27-22-19(25-3)13-26-15(2)28-22)20-12-16-8-7-11-18(24)21(16)23(30)29(20)17-9-5-4-6-10-17/h4-12,15H,1-3H3,(H3,28,29,30,31);5-13,16H,1-3H3,(H3,25,27,28,29);4-13H,1-2H3,(H,27,28,29);4-14H,1-2H3,(H,26,27,28)/t15-;16-;13-;14-/m0000/s1. The zero-order valence-electron chi connectivity index (χ0n) is 68.9. The largest absolute Gasteiger partial charge is 0.421 e.